The topological polar surface area (TPSA) is 72.3 Å². The monoisotopic (exact) mass is 423 g/mol. The Bertz CT molecular complexity index is 748. The van der Waals surface area contributed by atoms with Crippen LogP contribution in [0.1, 0.15) is 20.8 Å². The van der Waals surface area contributed by atoms with Crippen molar-refractivity contribution >= 4 is 29.0 Å². The van der Waals surface area contributed by atoms with Crippen molar-refractivity contribution < 1.29 is 9.53 Å². The Hall–Kier alpha value is -1.42. The molecule has 28 heavy (non-hydrogen) atoms. The van der Waals surface area contributed by atoms with E-state index in [-0.39, 0.29) is 12.0 Å². The summed E-state index contributed by atoms with van der Waals surface area (Å²) in [6.07, 6.45) is 0.0613. The van der Waals surface area contributed by atoms with Gasteiger partial charge in [-0.1, -0.05) is 31.7 Å². The van der Waals surface area contributed by atoms with Crippen LogP contribution >= 0.6 is 23.1 Å². The van der Waals surface area contributed by atoms with Gasteiger partial charge in [-0.05, 0) is 24.3 Å². The Balaban J connectivity index is 1.46. The van der Waals surface area contributed by atoms with E-state index in [9.17, 15) is 4.79 Å². The number of carbonyl (C=O) groups excluding carboxylic acids is 1. The van der Waals surface area contributed by atoms with E-state index >= 15 is 0 Å². The Morgan fingerprint density at radius 2 is 2.32 bits per heavy atom. The van der Waals surface area contributed by atoms with Gasteiger partial charge >= 0.3 is 0 Å². The van der Waals surface area contributed by atoms with Crippen molar-refractivity contribution in [1.29, 1.82) is 0 Å². The van der Waals surface area contributed by atoms with Crippen LogP contribution in [0.15, 0.2) is 22.7 Å². The van der Waals surface area contributed by atoms with E-state index in [0.717, 1.165) is 48.6 Å². The van der Waals surface area contributed by atoms with Gasteiger partial charge in [0, 0.05) is 32.7 Å². The molecule has 154 valence electrons. The smallest absolute Gasteiger partial charge is 0.230 e. The van der Waals surface area contributed by atoms with Gasteiger partial charge in [-0.25, -0.2) is 0 Å². The largest absolute Gasteiger partial charge is 0.374 e. The summed E-state index contributed by atoms with van der Waals surface area (Å²) in [6, 6.07) is 4.04. The maximum absolute atomic E-state index is 12.3. The summed E-state index contributed by atoms with van der Waals surface area (Å²) in [6.45, 7) is 11.5. The molecule has 0 bridgehead atoms. The number of thiophene rings is 1. The first kappa shape index (κ1) is 21.3. The van der Waals surface area contributed by atoms with Crippen LogP contribution < -0.4 is 5.32 Å². The third-order valence-corrected chi connectivity index (χ3v) is 6.31. The lowest BCUT2D eigenvalue weighted by Gasteiger charge is -2.33. The van der Waals surface area contributed by atoms with Crippen molar-refractivity contribution in [3.63, 3.8) is 0 Å². The second-order valence-corrected chi connectivity index (χ2v) is 9.16. The number of aromatic nitrogens is 3. The van der Waals surface area contributed by atoms with Crippen LogP contribution in [0.3, 0.4) is 0 Å². The lowest BCUT2D eigenvalue weighted by Crippen LogP contribution is -2.48. The van der Waals surface area contributed by atoms with Crippen molar-refractivity contribution in [2.75, 3.05) is 38.5 Å². The molecule has 1 aliphatic heterocycles. The first-order chi connectivity index (χ1) is 13.6. The molecule has 0 aliphatic carbocycles. The maximum Gasteiger partial charge on any atom is 0.230 e. The minimum Gasteiger partial charge on any atom is -0.374 e. The summed E-state index contributed by atoms with van der Waals surface area (Å²) >= 11 is 3.07. The zero-order valence-corrected chi connectivity index (χ0v) is 18.4. The normalized spacial score (nSPS) is 17.9. The molecular formula is C19H29N5O2S2. The average Bonchev–Trinajstić information content (AvgIpc) is 3.33. The van der Waals surface area contributed by atoms with Crippen LogP contribution in [-0.4, -0.2) is 70.2 Å². The Labute approximate surface area is 174 Å². The number of thioether (sulfide) groups is 1. The van der Waals surface area contributed by atoms with Crippen LogP contribution in [0.5, 0.6) is 0 Å². The van der Waals surface area contributed by atoms with Gasteiger partial charge in [-0.15, -0.1) is 21.5 Å². The van der Waals surface area contributed by atoms with Gasteiger partial charge in [0.25, 0.3) is 0 Å². The first-order valence-electron chi connectivity index (χ1n) is 9.77. The average molecular weight is 424 g/mol. The van der Waals surface area contributed by atoms with Gasteiger partial charge < -0.3 is 14.6 Å². The highest BCUT2D eigenvalue weighted by Crippen LogP contribution is 2.27. The molecule has 2 aromatic heterocycles. The van der Waals surface area contributed by atoms with Gasteiger partial charge in [0.2, 0.25) is 5.91 Å². The van der Waals surface area contributed by atoms with Crippen LogP contribution in [0.4, 0.5) is 0 Å². The number of hydrogen-bond acceptors (Lipinski definition) is 7. The fourth-order valence-corrected chi connectivity index (χ4v) is 4.81. The summed E-state index contributed by atoms with van der Waals surface area (Å²) in [5.41, 5.74) is 0. The van der Waals surface area contributed by atoms with Crippen molar-refractivity contribution in [1.82, 2.24) is 25.0 Å². The molecule has 0 aromatic carbocycles. The van der Waals surface area contributed by atoms with Gasteiger partial charge in [0.05, 0.1) is 23.3 Å². The molecule has 0 spiro atoms. The molecule has 1 unspecified atom stereocenters. The van der Waals surface area contributed by atoms with Gasteiger partial charge in [-0.2, -0.15) is 0 Å². The Morgan fingerprint density at radius 1 is 1.46 bits per heavy atom. The molecule has 1 saturated heterocycles. The highest BCUT2D eigenvalue weighted by atomic mass is 32.2. The van der Waals surface area contributed by atoms with Gasteiger partial charge in [0.15, 0.2) is 11.0 Å². The summed E-state index contributed by atoms with van der Waals surface area (Å²) < 4.78 is 7.85. The zero-order valence-electron chi connectivity index (χ0n) is 16.8. The van der Waals surface area contributed by atoms with Gasteiger partial charge in [0.1, 0.15) is 0 Å². The van der Waals surface area contributed by atoms with E-state index in [2.05, 4.69) is 45.8 Å². The van der Waals surface area contributed by atoms with Crippen molar-refractivity contribution in [2.24, 2.45) is 5.92 Å². The SMILES string of the molecule is CCn1c(SCC(=O)NCC2CN(CC(C)C)CCO2)nnc1-c1cccs1. The third kappa shape index (κ3) is 5.79. The lowest BCUT2D eigenvalue weighted by atomic mass is 10.2. The Kier molecular flexibility index (Phi) is 7.90. The summed E-state index contributed by atoms with van der Waals surface area (Å²) in [7, 11) is 0. The number of rotatable bonds is 9. The number of ether oxygens (including phenoxy) is 1. The second kappa shape index (κ2) is 10.4. The number of morpholine rings is 1. The minimum atomic E-state index is -0.00194. The highest BCUT2D eigenvalue weighted by Gasteiger charge is 2.21. The molecule has 0 radical (unpaired) electrons. The van der Waals surface area contributed by atoms with Crippen LogP contribution in [0, 0.1) is 5.92 Å². The molecule has 7 nitrogen and oxygen atoms in total. The Morgan fingerprint density at radius 3 is 3.04 bits per heavy atom. The van der Waals surface area contributed by atoms with E-state index in [4.69, 9.17) is 4.74 Å². The van der Waals surface area contributed by atoms with Crippen LogP contribution in [0.2, 0.25) is 0 Å². The molecule has 3 rings (SSSR count). The molecule has 1 fully saturated rings. The van der Waals surface area contributed by atoms with Crippen molar-refractivity contribution in [3.8, 4) is 10.7 Å². The molecule has 1 amide bonds. The molecule has 1 aliphatic rings. The van der Waals surface area contributed by atoms with E-state index in [1.165, 1.54) is 11.8 Å². The molecule has 2 aromatic rings. The molecule has 1 atom stereocenters. The summed E-state index contributed by atoms with van der Waals surface area (Å²) in [4.78, 5) is 15.8. The molecular weight excluding hydrogens is 394 g/mol. The number of hydrogen-bond donors (Lipinski definition) is 1. The fourth-order valence-electron chi connectivity index (χ4n) is 3.26. The van der Waals surface area contributed by atoms with E-state index in [0.29, 0.717) is 18.2 Å². The third-order valence-electron chi connectivity index (χ3n) is 4.48. The standard InChI is InChI=1S/C19H29N5O2S2/c1-4-24-18(16-6-5-9-27-16)21-22-19(24)28-13-17(25)20-10-15-12-23(7-8-26-15)11-14(2)3/h5-6,9,14-15H,4,7-8,10-13H2,1-3H3,(H,20,25). The predicted octanol–water partition coefficient (Wildman–Crippen LogP) is 2.59. The highest BCUT2D eigenvalue weighted by molar-refractivity contribution is 7.99. The lowest BCUT2D eigenvalue weighted by molar-refractivity contribution is -0.119. The quantitative estimate of drug-likeness (QED) is 0.625. The van der Waals surface area contributed by atoms with Crippen LogP contribution in [-0.2, 0) is 16.1 Å². The number of amides is 1. The van der Waals surface area contributed by atoms with Crippen LogP contribution in [0.25, 0.3) is 10.7 Å². The maximum atomic E-state index is 12.3. The summed E-state index contributed by atoms with van der Waals surface area (Å²) in [5.74, 6) is 1.82. The van der Waals surface area contributed by atoms with Gasteiger partial charge in [-0.3, -0.25) is 9.69 Å². The zero-order chi connectivity index (χ0) is 19.9. The fraction of sp³-hybridized carbons (Fsp3) is 0.632. The summed E-state index contributed by atoms with van der Waals surface area (Å²) in [5, 5.41) is 14.4. The molecule has 1 N–H and O–H groups in total. The number of nitrogens with one attached hydrogen (secondary N) is 1. The first-order valence-corrected chi connectivity index (χ1v) is 11.6. The van der Waals surface area contributed by atoms with E-state index in [1.54, 1.807) is 11.3 Å². The van der Waals surface area contributed by atoms with E-state index < -0.39 is 0 Å². The molecule has 3 heterocycles. The van der Waals surface area contributed by atoms with E-state index in [1.807, 2.05) is 17.5 Å². The minimum absolute atomic E-state index is 0.00194. The van der Waals surface area contributed by atoms with Crippen molar-refractivity contribution in [2.45, 2.75) is 38.6 Å². The molecule has 9 heteroatoms. The second-order valence-electron chi connectivity index (χ2n) is 7.27. The number of nitrogens with zero attached hydrogens (tertiary/aromatic N) is 4. The van der Waals surface area contributed by atoms with Crippen molar-refractivity contribution in [3.05, 3.63) is 17.5 Å². The molecule has 0 saturated carbocycles. The predicted molar refractivity (Wildman–Crippen MR) is 114 cm³/mol. The number of carbonyl (C=O) groups is 1.